The van der Waals surface area contributed by atoms with Gasteiger partial charge in [0.25, 0.3) is 15.9 Å². The lowest BCUT2D eigenvalue weighted by Crippen LogP contribution is -2.37. The van der Waals surface area contributed by atoms with E-state index >= 15 is 0 Å². The van der Waals surface area contributed by atoms with E-state index in [1.54, 1.807) is 48.5 Å². The number of carbonyl (C=O) groups excluding carboxylic acids is 1. The number of benzene rings is 2. The summed E-state index contributed by atoms with van der Waals surface area (Å²) >= 11 is 0. The molecule has 0 bridgehead atoms. The molecule has 0 aliphatic rings. The lowest BCUT2D eigenvalue weighted by Gasteiger charge is -2.20. The summed E-state index contributed by atoms with van der Waals surface area (Å²) in [5, 5.41) is 0. The third-order valence-corrected chi connectivity index (χ3v) is 4.56. The molecular weight excluding hydrogens is 286 g/mol. The molecule has 0 atom stereocenters. The van der Waals surface area contributed by atoms with E-state index in [1.807, 2.05) is 0 Å². The van der Waals surface area contributed by atoms with Gasteiger partial charge < -0.3 is 0 Å². The van der Waals surface area contributed by atoms with Crippen LogP contribution in [-0.4, -0.2) is 25.2 Å². The zero-order valence-electron chi connectivity index (χ0n) is 11.1. The van der Waals surface area contributed by atoms with E-state index in [9.17, 15) is 13.2 Å². The topological polar surface area (TPSA) is 54.5 Å². The molecule has 1 amide bonds. The van der Waals surface area contributed by atoms with Gasteiger partial charge in [-0.05, 0) is 24.3 Å². The smallest absolute Gasteiger partial charge is 0.268 e. The molecule has 2 aromatic carbocycles. The SMILES string of the molecule is C#CCN(C(=O)c1ccccc1)S(=O)(=O)c1ccccc1. The molecule has 4 nitrogen and oxygen atoms in total. The van der Waals surface area contributed by atoms with E-state index in [0.29, 0.717) is 4.31 Å². The van der Waals surface area contributed by atoms with E-state index in [4.69, 9.17) is 6.42 Å². The van der Waals surface area contributed by atoms with Crippen molar-refractivity contribution in [3.05, 3.63) is 66.2 Å². The maximum atomic E-state index is 12.5. The highest BCUT2D eigenvalue weighted by Crippen LogP contribution is 2.17. The number of amides is 1. The molecule has 2 aromatic rings. The Morgan fingerprint density at radius 1 is 1.00 bits per heavy atom. The van der Waals surface area contributed by atoms with Gasteiger partial charge in [-0.15, -0.1) is 6.42 Å². The van der Waals surface area contributed by atoms with Crippen molar-refractivity contribution < 1.29 is 13.2 Å². The van der Waals surface area contributed by atoms with Crippen molar-refractivity contribution in [2.24, 2.45) is 0 Å². The fraction of sp³-hybridized carbons (Fsp3) is 0.0625. The fourth-order valence-electron chi connectivity index (χ4n) is 1.79. The molecule has 0 unspecified atom stereocenters. The molecule has 0 N–H and O–H groups in total. The Morgan fingerprint density at radius 2 is 1.52 bits per heavy atom. The van der Waals surface area contributed by atoms with Crippen molar-refractivity contribution in [1.29, 1.82) is 0 Å². The Hall–Kier alpha value is -2.58. The summed E-state index contributed by atoms with van der Waals surface area (Å²) in [5.74, 6) is 1.58. The van der Waals surface area contributed by atoms with Crippen LogP contribution in [0.2, 0.25) is 0 Å². The van der Waals surface area contributed by atoms with Crippen molar-refractivity contribution in [2.45, 2.75) is 4.90 Å². The maximum absolute atomic E-state index is 12.5. The number of carbonyl (C=O) groups is 1. The summed E-state index contributed by atoms with van der Waals surface area (Å²) in [6.45, 7) is -0.315. The Morgan fingerprint density at radius 3 is 2.05 bits per heavy atom. The first-order valence-corrected chi connectivity index (χ1v) is 7.62. The second-order valence-electron chi connectivity index (χ2n) is 4.20. The van der Waals surface area contributed by atoms with Crippen molar-refractivity contribution in [3.8, 4) is 12.3 Å². The molecule has 0 radical (unpaired) electrons. The average Bonchev–Trinajstić information content (AvgIpc) is 2.53. The second-order valence-corrected chi connectivity index (χ2v) is 6.06. The third kappa shape index (κ3) is 3.12. The molecule has 0 aromatic heterocycles. The molecule has 21 heavy (non-hydrogen) atoms. The van der Waals surface area contributed by atoms with E-state index in [1.165, 1.54) is 12.1 Å². The number of nitrogens with zero attached hydrogens (tertiary/aromatic N) is 1. The standard InChI is InChI=1S/C16H13NO3S/c1-2-13-17(16(18)14-9-5-3-6-10-14)21(19,20)15-11-7-4-8-12-15/h1,3-12H,13H2. The molecule has 0 saturated heterocycles. The lowest BCUT2D eigenvalue weighted by molar-refractivity contribution is 0.0873. The third-order valence-electron chi connectivity index (χ3n) is 2.81. The summed E-state index contributed by atoms with van der Waals surface area (Å²) in [6.07, 6.45) is 5.21. The van der Waals surface area contributed by atoms with Crippen LogP contribution in [0.1, 0.15) is 10.4 Å². The predicted octanol–water partition coefficient (Wildman–Crippen LogP) is 2.15. The van der Waals surface area contributed by atoms with Crippen molar-refractivity contribution in [1.82, 2.24) is 4.31 Å². The Balaban J connectivity index is 2.45. The first-order chi connectivity index (χ1) is 10.1. The van der Waals surface area contributed by atoms with Gasteiger partial charge in [0, 0.05) is 5.56 Å². The summed E-state index contributed by atoms with van der Waals surface area (Å²) in [7, 11) is -3.97. The van der Waals surface area contributed by atoms with E-state index in [0.717, 1.165) is 0 Å². The average molecular weight is 299 g/mol. The lowest BCUT2D eigenvalue weighted by atomic mass is 10.2. The maximum Gasteiger partial charge on any atom is 0.268 e. The Bertz CT molecular complexity index is 762. The normalized spacial score (nSPS) is 10.6. The Kier molecular flexibility index (Phi) is 4.41. The van der Waals surface area contributed by atoms with Crippen LogP contribution in [-0.2, 0) is 10.0 Å². The van der Waals surface area contributed by atoms with Crippen LogP contribution < -0.4 is 0 Å². The molecule has 0 aliphatic heterocycles. The van der Waals surface area contributed by atoms with Gasteiger partial charge in [-0.1, -0.05) is 42.3 Å². The minimum absolute atomic E-state index is 0.0320. The van der Waals surface area contributed by atoms with Crippen LogP contribution in [0.5, 0.6) is 0 Å². The van der Waals surface area contributed by atoms with Crippen LogP contribution in [0.3, 0.4) is 0 Å². The van der Waals surface area contributed by atoms with Gasteiger partial charge in [0.15, 0.2) is 0 Å². The largest absolute Gasteiger partial charge is 0.268 e. The highest BCUT2D eigenvalue weighted by atomic mass is 32.2. The molecule has 0 heterocycles. The van der Waals surface area contributed by atoms with Gasteiger partial charge in [0.05, 0.1) is 11.4 Å². The molecule has 0 fully saturated rings. The van der Waals surface area contributed by atoms with Crippen molar-refractivity contribution >= 4 is 15.9 Å². The van der Waals surface area contributed by atoms with E-state index in [2.05, 4.69) is 5.92 Å². The van der Waals surface area contributed by atoms with Gasteiger partial charge in [0.1, 0.15) is 0 Å². The first-order valence-electron chi connectivity index (χ1n) is 6.18. The molecule has 0 spiro atoms. The van der Waals surface area contributed by atoms with Crippen LogP contribution in [0.25, 0.3) is 0 Å². The van der Waals surface area contributed by atoms with Crippen LogP contribution in [0, 0.1) is 12.3 Å². The molecule has 106 valence electrons. The summed E-state index contributed by atoms with van der Waals surface area (Å²) in [5.41, 5.74) is 0.271. The molecule has 0 aliphatic carbocycles. The van der Waals surface area contributed by atoms with Crippen LogP contribution in [0.4, 0.5) is 0 Å². The summed E-state index contributed by atoms with van der Waals surface area (Å²) in [6, 6.07) is 15.9. The predicted molar refractivity (Wildman–Crippen MR) is 79.9 cm³/mol. The highest BCUT2D eigenvalue weighted by molar-refractivity contribution is 7.89. The van der Waals surface area contributed by atoms with Crippen LogP contribution >= 0.6 is 0 Å². The minimum Gasteiger partial charge on any atom is -0.268 e. The zero-order valence-corrected chi connectivity index (χ0v) is 12.0. The second kappa shape index (κ2) is 6.25. The monoisotopic (exact) mass is 299 g/mol. The van der Waals surface area contributed by atoms with E-state index in [-0.39, 0.29) is 17.0 Å². The highest BCUT2D eigenvalue weighted by Gasteiger charge is 2.29. The van der Waals surface area contributed by atoms with Crippen molar-refractivity contribution in [3.63, 3.8) is 0 Å². The number of hydrogen-bond donors (Lipinski definition) is 0. The van der Waals surface area contributed by atoms with Gasteiger partial charge in [-0.25, -0.2) is 12.7 Å². The Labute approximate surface area is 124 Å². The number of hydrogen-bond acceptors (Lipinski definition) is 3. The molecule has 5 heteroatoms. The quantitative estimate of drug-likeness (QED) is 0.813. The van der Waals surface area contributed by atoms with Crippen molar-refractivity contribution in [2.75, 3.05) is 6.54 Å². The molecule has 2 rings (SSSR count). The van der Waals surface area contributed by atoms with Gasteiger partial charge in [0.2, 0.25) is 0 Å². The molecule has 0 saturated carbocycles. The van der Waals surface area contributed by atoms with Gasteiger partial charge in [-0.2, -0.15) is 0 Å². The van der Waals surface area contributed by atoms with E-state index < -0.39 is 15.9 Å². The summed E-state index contributed by atoms with van der Waals surface area (Å²) < 4.78 is 25.8. The van der Waals surface area contributed by atoms with Crippen LogP contribution in [0.15, 0.2) is 65.6 Å². The number of sulfonamides is 1. The minimum atomic E-state index is -3.97. The number of rotatable bonds is 4. The van der Waals surface area contributed by atoms with Gasteiger partial charge >= 0.3 is 0 Å². The summed E-state index contributed by atoms with van der Waals surface area (Å²) in [4.78, 5) is 12.4. The fourth-order valence-corrected chi connectivity index (χ4v) is 3.12. The first kappa shape index (κ1) is 14.8. The number of terminal acetylenes is 1. The van der Waals surface area contributed by atoms with Gasteiger partial charge in [-0.3, -0.25) is 4.79 Å². The zero-order chi connectivity index (χ0) is 15.3. The molecular formula is C16H13NO3S.